The summed E-state index contributed by atoms with van der Waals surface area (Å²) in [5, 5.41) is 3.15. The second-order valence-corrected chi connectivity index (χ2v) is 5.72. The number of aromatic nitrogens is 1. The number of nitrogens with two attached hydrogens (primary N) is 1. The third kappa shape index (κ3) is 4.58. The third-order valence-electron chi connectivity index (χ3n) is 3.63. The molecule has 0 spiro atoms. The number of guanidine groups is 1. The molecule has 22 heavy (non-hydrogen) atoms. The van der Waals surface area contributed by atoms with E-state index >= 15 is 0 Å². The van der Waals surface area contributed by atoms with Gasteiger partial charge in [-0.15, -0.1) is 0 Å². The van der Waals surface area contributed by atoms with E-state index in [1.165, 1.54) is 16.7 Å². The molecule has 4 heteroatoms. The van der Waals surface area contributed by atoms with E-state index in [0.717, 1.165) is 12.1 Å². The molecule has 0 fully saturated rings. The van der Waals surface area contributed by atoms with E-state index in [1.807, 2.05) is 30.6 Å². The molecule has 1 aromatic heterocycles. The van der Waals surface area contributed by atoms with Crippen LogP contribution < -0.4 is 11.1 Å². The smallest absolute Gasteiger partial charge is 0.193 e. The summed E-state index contributed by atoms with van der Waals surface area (Å²) in [5.41, 5.74) is 10.7. The van der Waals surface area contributed by atoms with Gasteiger partial charge in [0, 0.05) is 24.6 Å². The Morgan fingerprint density at radius 2 is 2.14 bits per heavy atom. The number of aliphatic imine (C=N–C) groups is 1. The molecule has 1 heterocycles. The number of benzene rings is 1. The van der Waals surface area contributed by atoms with Crippen LogP contribution in [0.25, 0.3) is 0 Å². The van der Waals surface area contributed by atoms with Crippen LogP contribution in [0.3, 0.4) is 0 Å². The Bertz CT molecular complexity index is 647. The lowest BCUT2D eigenvalue weighted by molar-refractivity contribution is 0.867. The first-order valence-electron chi connectivity index (χ1n) is 7.62. The lowest BCUT2D eigenvalue weighted by atomic mass is 10.0. The highest BCUT2D eigenvalue weighted by atomic mass is 15.1. The molecule has 0 saturated carbocycles. The van der Waals surface area contributed by atoms with Gasteiger partial charge in [-0.3, -0.25) is 9.98 Å². The topological polar surface area (TPSA) is 63.3 Å². The highest BCUT2D eigenvalue weighted by Crippen LogP contribution is 2.18. The Morgan fingerprint density at radius 3 is 2.86 bits per heavy atom. The predicted octanol–water partition coefficient (Wildman–Crippen LogP) is 3.48. The molecule has 0 radical (unpaired) electrons. The SMILES string of the molecule is Cc1cnccc1CCN=C(N)Nc1cccc(C(C)C)c1. The van der Waals surface area contributed by atoms with Crippen LogP contribution in [0, 0.1) is 6.92 Å². The van der Waals surface area contributed by atoms with Crippen LogP contribution in [0.1, 0.15) is 36.5 Å². The van der Waals surface area contributed by atoms with Gasteiger partial charge in [-0.25, -0.2) is 0 Å². The molecular weight excluding hydrogens is 272 g/mol. The Labute approximate surface area is 132 Å². The average molecular weight is 296 g/mol. The fraction of sp³-hybridized carbons (Fsp3) is 0.333. The van der Waals surface area contributed by atoms with Gasteiger partial charge in [0.1, 0.15) is 0 Å². The Balaban J connectivity index is 1.93. The Kier molecular flexibility index (Phi) is 5.53. The zero-order valence-electron chi connectivity index (χ0n) is 13.5. The highest BCUT2D eigenvalue weighted by molar-refractivity contribution is 5.92. The van der Waals surface area contributed by atoms with Crippen LogP contribution >= 0.6 is 0 Å². The van der Waals surface area contributed by atoms with Gasteiger partial charge < -0.3 is 11.1 Å². The molecule has 1 aromatic carbocycles. The standard InChI is InChI=1S/C18H24N4/c1-13(2)16-5-4-6-17(11-16)22-18(19)21-10-8-15-7-9-20-12-14(15)3/h4-7,9,11-13H,8,10H2,1-3H3,(H3,19,21,22). The fourth-order valence-corrected chi connectivity index (χ4v) is 2.24. The second kappa shape index (κ2) is 7.59. The van der Waals surface area contributed by atoms with Gasteiger partial charge in [-0.1, -0.05) is 26.0 Å². The van der Waals surface area contributed by atoms with Crippen LogP contribution in [0.15, 0.2) is 47.7 Å². The van der Waals surface area contributed by atoms with Crippen molar-refractivity contribution >= 4 is 11.6 Å². The molecular formula is C18H24N4. The molecule has 0 bridgehead atoms. The van der Waals surface area contributed by atoms with Gasteiger partial charge in [0.15, 0.2) is 5.96 Å². The van der Waals surface area contributed by atoms with Crippen molar-refractivity contribution in [3.8, 4) is 0 Å². The lowest BCUT2D eigenvalue weighted by Crippen LogP contribution is -2.23. The van der Waals surface area contributed by atoms with Crippen LogP contribution in [0.5, 0.6) is 0 Å². The van der Waals surface area contributed by atoms with Gasteiger partial charge in [0.2, 0.25) is 0 Å². The van der Waals surface area contributed by atoms with Crippen LogP contribution in [0.2, 0.25) is 0 Å². The molecule has 2 aromatic rings. The molecule has 0 amide bonds. The Morgan fingerprint density at radius 1 is 1.32 bits per heavy atom. The first-order chi connectivity index (χ1) is 10.6. The van der Waals surface area contributed by atoms with E-state index in [1.54, 1.807) is 0 Å². The normalized spacial score (nSPS) is 11.7. The maximum absolute atomic E-state index is 5.96. The predicted molar refractivity (Wildman–Crippen MR) is 93.3 cm³/mol. The van der Waals surface area contributed by atoms with Gasteiger partial charge in [-0.2, -0.15) is 0 Å². The number of aryl methyl sites for hydroxylation is 1. The van der Waals surface area contributed by atoms with Gasteiger partial charge in [-0.05, 0) is 54.2 Å². The summed E-state index contributed by atoms with van der Waals surface area (Å²) in [6.45, 7) is 7.07. The summed E-state index contributed by atoms with van der Waals surface area (Å²) in [5.74, 6) is 0.946. The third-order valence-corrected chi connectivity index (χ3v) is 3.63. The number of hydrogen-bond donors (Lipinski definition) is 2. The van der Waals surface area contributed by atoms with E-state index in [9.17, 15) is 0 Å². The number of pyridine rings is 1. The molecule has 0 saturated heterocycles. The summed E-state index contributed by atoms with van der Waals surface area (Å²) in [4.78, 5) is 8.49. The van der Waals surface area contributed by atoms with Crippen molar-refractivity contribution in [1.82, 2.24) is 4.98 Å². The van der Waals surface area contributed by atoms with Crippen molar-refractivity contribution in [3.05, 3.63) is 59.4 Å². The summed E-state index contributed by atoms with van der Waals surface area (Å²) in [6.07, 6.45) is 4.55. The van der Waals surface area contributed by atoms with E-state index in [4.69, 9.17) is 5.73 Å². The first kappa shape index (κ1) is 16.0. The number of nitrogens with one attached hydrogen (secondary N) is 1. The molecule has 2 rings (SSSR count). The molecule has 0 aliphatic heterocycles. The maximum Gasteiger partial charge on any atom is 0.193 e. The summed E-state index contributed by atoms with van der Waals surface area (Å²) in [6, 6.07) is 10.3. The minimum absolute atomic E-state index is 0.451. The minimum Gasteiger partial charge on any atom is -0.370 e. The van der Waals surface area contributed by atoms with Crippen LogP contribution in [0.4, 0.5) is 5.69 Å². The van der Waals surface area contributed by atoms with Crippen LogP contribution in [-0.4, -0.2) is 17.5 Å². The summed E-state index contributed by atoms with van der Waals surface area (Å²) >= 11 is 0. The van der Waals surface area contributed by atoms with Crippen LogP contribution in [-0.2, 0) is 6.42 Å². The van der Waals surface area contributed by atoms with Gasteiger partial charge >= 0.3 is 0 Å². The van der Waals surface area contributed by atoms with E-state index in [2.05, 4.69) is 48.2 Å². The monoisotopic (exact) mass is 296 g/mol. The second-order valence-electron chi connectivity index (χ2n) is 5.72. The zero-order valence-corrected chi connectivity index (χ0v) is 13.5. The quantitative estimate of drug-likeness (QED) is 0.656. The summed E-state index contributed by atoms with van der Waals surface area (Å²) < 4.78 is 0. The van der Waals surface area contributed by atoms with E-state index in [0.29, 0.717) is 18.4 Å². The number of nitrogens with zero attached hydrogens (tertiary/aromatic N) is 2. The van der Waals surface area contributed by atoms with Crippen molar-refractivity contribution in [2.45, 2.75) is 33.1 Å². The van der Waals surface area contributed by atoms with Gasteiger partial charge in [0.05, 0.1) is 0 Å². The first-order valence-corrected chi connectivity index (χ1v) is 7.62. The highest BCUT2D eigenvalue weighted by Gasteiger charge is 2.01. The number of rotatable bonds is 5. The van der Waals surface area contributed by atoms with Crippen molar-refractivity contribution in [2.24, 2.45) is 10.7 Å². The Hall–Kier alpha value is -2.36. The molecule has 3 N–H and O–H groups in total. The average Bonchev–Trinajstić information content (AvgIpc) is 2.49. The molecule has 0 aliphatic carbocycles. The lowest BCUT2D eigenvalue weighted by Gasteiger charge is -2.10. The largest absolute Gasteiger partial charge is 0.370 e. The molecule has 0 unspecified atom stereocenters. The van der Waals surface area contributed by atoms with Crippen molar-refractivity contribution in [3.63, 3.8) is 0 Å². The fourth-order valence-electron chi connectivity index (χ4n) is 2.24. The van der Waals surface area contributed by atoms with Crippen molar-refractivity contribution < 1.29 is 0 Å². The maximum atomic E-state index is 5.96. The van der Waals surface area contributed by atoms with Crippen molar-refractivity contribution in [2.75, 3.05) is 11.9 Å². The van der Waals surface area contributed by atoms with E-state index in [-0.39, 0.29) is 0 Å². The molecule has 0 atom stereocenters. The number of anilines is 1. The minimum atomic E-state index is 0.451. The molecule has 4 nitrogen and oxygen atoms in total. The van der Waals surface area contributed by atoms with Crippen molar-refractivity contribution in [1.29, 1.82) is 0 Å². The summed E-state index contributed by atoms with van der Waals surface area (Å²) in [7, 11) is 0. The molecule has 116 valence electrons. The number of hydrogen-bond acceptors (Lipinski definition) is 2. The zero-order chi connectivity index (χ0) is 15.9. The van der Waals surface area contributed by atoms with E-state index < -0.39 is 0 Å². The molecule has 0 aliphatic rings. The van der Waals surface area contributed by atoms with Gasteiger partial charge in [0.25, 0.3) is 0 Å².